The van der Waals surface area contributed by atoms with Crippen molar-refractivity contribution in [3.63, 3.8) is 0 Å². The molecule has 0 spiro atoms. The largest absolute Gasteiger partial charge is 0.361 e. The van der Waals surface area contributed by atoms with E-state index in [1.54, 1.807) is 0 Å². The Balaban J connectivity index is 1.86. The van der Waals surface area contributed by atoms with E-state index < -0.39 is 0 Å². The molecule has 1 aliphatic heterocycles. The molecule has 1 atom stereocenters. The molecule has 1 unspecified atom stereocenters. The van der Waals surface area contributed by atoms with Crippen LogP contribution in [0.1, 0.15) is 29.0 Å². The fourth-order valence-electron chi connectivity index (χ4n) is 3.18. The Morgan fingerprint density at radius 3 is 2.73 bits per heavy atom. The number of amides is 1. The molecular formula is C18H17N3O. The van der Waals surface area contributed by atoms with Crippen LogP contribution >= 0.6 is 0 Å². The quantitative estimate of drug-likeness (QED) is 0.755. The van der Waals surface area contributed by atoms with Gasteiger partial charge in [0.25, 0.3) is 5.91 Å². The van der Waals surface area contributed by atoms with E-state index >= 15 is 0 Å². The zero-order valence-corrected chi connectivity index (χ0v) is 12.3. The third-order valence-corrected chi connectivity index (χ3v) is 4.28. The first-order chi connectivity index (χ1) is 10.8. The Bertz CT molecular complexity index is 852. The lowest BCUT2D eigenvalue weighted by Gasteiger charge is -2.37. The fourth-order valence-corrected chi connectivity index (χ4v) is 3.18. The van der Waals surface area contributed by atoms with E-state index in [1.165, 1.54) is 0 Å². The smallest absolute Gasteiger partial charge is 0.257 e. The zero-order valence-electron chi connectivity index (χ0n) is 12.3. The van der Waals surface area contributed by atoms with Crippen LogP contribution in [0.15, 0.2) is 54.7 Å². The molecule has 1 aliphatic rings. The van der Waals surface area contributed by atoms with Crippen LogP contribution in [0.25, 0.3) is 10.9 Å². The van der Waals surface area contributed by atoms with Gasteiger partial charge in [0.15, 0.2) is 0 Å². The van der Waals surface area contributed by atoms with Crippen molar-refractivity contribution in [3.05, 3.63) is 65.9 Å². The van der Waals surface area contributed by atoms with E-state index in [0.717, 1.165) is 27.7 Å². The number of fused-ring (bicyclic) bond motifs is 2. The zero-order chi connectivity index (χ0) is 15.1. The maximum absolute atomic E-state index is 12.8. The number of rotatable bonds is 2. The molecule has 4 rings (SSSR count). The molecule has 0 saturated carbocycles. The maximum atomic E-state index is 12.8. The Kier molecular flexibility index (Phi) is 2.89. The molecule has 22 heavy (non-hydrogen) atoms. The summed E-state index contributed by atoms with van der Waals surface area (Å²) >= 11 is 0. The highest BCUT2D eigenvalue weighted by Crippen LogP contribution is 2.35. The van der Waals surface area contributed by atoms with Gasteiger partial charge in [-0.2, -0.15) is 0 Å². The normalized spacial score (nSPS) is 17.4. The molecule has 3 aromatic rings. The summed E-state index contributed by atoms with van der Waals surface area (Å²) in [4.78, 5) is 17.9. The molecule has 1 amide bonds. The number of hydrogen-bond acceptors (Lipinski definition) is 2. The highest BCUT2D eigenvalue weighted by atomic mass is 16.2. The second-order valence-corrected chi connectivity index (χ2v) is 5.47. The van der Waals surface area contributed by atoms with Crippen LogP contribution in [0.3, 0.4) is 0 Å². The van der Waals surface area contributed by atoms with Crippen LogP contribution < -0.4 is 5.32 Å². The van der Waals surface area contributed by atoms with Crippen LogP contribution in [0.4, 0.5) is 5.69 Å². The van der Waals surface area contributed by atoms with Crippen LogP contribution in [-0.4, -0.2) is 22.3 Å². The molecular weight excluding hydrogens is 274 g/mol. The first kappa shape index (κ1) is 13.0. The van der Waals surface area contributed by atoms with Gasteiger partial charge in [0.2, 0.25) is 0 Å². The minimum atomic E-state index is -0.149. The van der Waals surface area contributed by atoms with Crippen LogP contribution in [-0.2, 0) is 0 Å². The fraction of sp³-hybridized carbons (Fsp3) is 0.167. The summed E-state index contributed by atoms with van der Waals surface area (Å²) in [6.07, 6.45) is 1.84. The molecule has 4 heteroatoms. The monoisotopic (exact) mass is 291 g/mol. The van der Waals surface area contributed by atoms with Gasteiger partial charge in [-0.25, -0.2) is 0 Å². The highest BCUT2D eigenvalue weighted by molar-refractivity contribution is 6.02. The van der Waals surface area contributed by atoms with Crippen molar-refractivity contribution >= 4 is 22.5 Å². The number of aromatic nitrogens is 1. The van der Waals surface area contributed by atoms with Crippen molar-refractivity contribution < 1.29 is 4.79 Å². The number of nitrogens with zero attached hydrogens (tertiary/aromatic N) is 1. The van der Waals surface area contributed by atoms with Gasteiger partial charge in [-0.1, -0.05) is 30.3 Å². The van der Waals surface area contributed by atoms with Crippen molar-refractivity contribution in [2.45, 2.75) is 13.1 Å². The predicted molar refractivity (Wildman–Crippen MR) is 87.8 cm³/mol. The molecule has 2 N–H and O–H groups in total. The van der Waals surface area contributed by atoms with E-state index in [4.69, 9.17) is 0 Å². The lowest BCUT2D eigenvalue weighted by atomic mass is 10.0. The average molecular weight is 291 g/mol. The van der Waals surface area contributed by atoms with Crippen molar-refractivity contribution in [2.24, 2.45) is 0 Å². The molecule has 0 bridgehead atoms. The summed E-state index contributed by atoms with van der Waals surface area (Å²) in [7, 11) is 0. The van der Waals surface area contributed by atoms with Crippen LogP contribution in [0.2, 0.25) is 0 Å². The summed E-state index contributed by atoms with van der Waals surface area (Å²) in [6, 6.07) is 15.9. The molecule has 0 fully saturated rings. The minimum Gasteiger partial charge on any atom is -0.361 e. The number of nitrogens with one attached hydrogen (secondary N) is 2. The van der Waals surface area contributed by atoms with E-state index in [2.05, 4.69) is 16.4 Å². The number of anilines is 1. The lowest BCUT2D eigenvalue weighted by Crippen LogP contribution is -2.42. The van der Waals surface area contributed by atoms with Crippen LogP contribution in [0.5, 0.6) is 0 Å². The first-order valence-electron chi connectivity index (χ1n) is 7.52. The van der Waals surface area contributed by atoms with Gasteiger partial charge >= 0.3 is 0 Å². The summed E-state index contributed by atoms with van der Waals surface area (Å²) in [5.74, 6) is 0.0760. The number of benzene rings is 2. The molecule has 1 aromatic heterocycles. The number of hydrogen-bond donors (Lipinski definition) is 2. The van der Waals surface area contributed by atoms with Crippen molar-refractivity contribution in [2.75, 3.05) is 11.9 Å². The van der Waals surface area contributed by atoms with E-state index in [9.17, 15) is 4.79 Å². The SMILES string of the molecule is CCN1C(=O)c2ccccc2NC1c1c[nH]c2ccccc12. The van der Waals surface area contributed by atoms with Gasteiger partial charge in [0.05, 0.1) is 5.56 Å². The first-order valence-corrected chi connectivity index (χ1v) is 7.52. The maximum Gasteiger partial charge on any atom is 0.257 e. The van der Waals surface area contributed by atoms with Gasteiger partial charge in [0.1, 0.15) is 6.17 Å². The van der Waals surface area contributed by atoms with Gasteiger partial charge < -0.3 is 15.2 Å². The van der Waals surface area contributed by atoms with Gasteiger partial charge in [0, 0.05) is 34.9 Å². The number of aromatic amines is 1. The highest BCUT2D eigenvalue weighted by Gasteiger charge is 2.32. The van der Waals surface area contributed by atoms with E-state index in [1.807, 2.05) is 60.5 Å². The van der Waals surface area contributed by atoms with Gasteiger partial charge in [-0.3, -0.25) is 4.79 Å². The third-order valence-electron chi connectivity index (χ3n) is 4.28. The van der Waals surface area contributed by atoms with Crippen molar-refractivity contribution in [3.8, 4) is 0 Å². The van der Waals surface area contributed by atoms with Gasteiger partial charge in [-0.05, 0) is 25.1 Å². The molecule has 0 aliphatic carbocycles. The molecule has 2 heterocycles. The Labute approximate surface area is 128 Å². The second kappa shape index (κ2) is 4.91. The molecule has 110 valence electrons. The number of carbonyl (C=O) groups is 1. The minimum absolute atomic E-state index is 0.0760. The van der Waals surface area contributed by atoms with Crippen molar-refractivity contribution in [1.29, 1.82) is 0 Å². The molecule has 2 aromatic carbocycles. The number of carbonyl (C=O) groups excluding carboxylic acids is 1. The third kappa shape index (κ3) is 1.80. The number of para-hydroxylation sites is 2. The number of H-pyrrole nitrogens is 1. The molecule has 4 nitrogen and oxygen atoms in total. The van der Waals surface area contributed by atoms with E-state index in [-0.39, 0.29) is 12.1 Å². The van der Waals surface area contributed by atoms with Gasteiger partial charge in [-0.15, -0.1) is 0 Å². The Hall–Kier alpha value is -2.75. The lowest BCUT2D eigenvalue weighted by molar-refractivity contribution is 0.0696. The summed E-state index contributed by atoms with van der Waals surface area (Å²) in [5.41, 5.74) is 3.81. The summed E-state index contributed by atoms with van der Waals surface area (Å²) in [5, 5.41) is 4.65. The van der Waals surface area contributed by atoms with E-state index in [0.29, 0.717) is 6.54 Å². The topological polar surface area (TPSA) is 48.1 Å². The Morgan fingerprint density at radius 1 is 1.09 bits per heavy atom. The standard InChI is InChI=1S/C18H17N3O/c1-2-21-17(14-11-19-15-9-5-3-7-12(14)15)20-16-10-6-4-8-13(16)18(21)22/h3-11,17,19-20H,2H2,1H3. The van der Waals surface area contributed by atoms with Crippen LogP contribution in [0, 0.1) is 0 Å². The van der Waals surface area contributed by atoms with Crippen molar-refractivity contribution in [1.82, 2.24) is 9.88 Å². The molecule has 0 saturated heterocycles. The Morgan fingerprint density at radius 2 is 1.86 bits per heavy atom. The second-order valence-electron chi connectivity index (χ2n) is 5.47. The summed E-state index contributed by atoms with van der Waals surface area (Å²) < 4.78 is 0. The molecule has 0 radical (unpaired) electrons. The average Bonchev–Trinajstić information content (AvgIpc) is 2.99. The summed E-state index contributed by atoms with van der Waals surface area (Å²) in [6.45, 7) is 2.67. The predicted octanol–water partition coefficient (Wildman–Crippen LogP) is 3.75.